The maximum Gasteiger partial charge on any atom is 0.261 e. The first-order chi connectivity index (χ1) is 14.1. The molecule has 1 amide bonds. The van der Waals surface area contributed by atoms with Crippen LogP contribution in [0.15, 0.2) is 60.0 Å². The maximum absolute atomic E-state index is 12.9. The smallest absolute Gasteiger partial charge is 0.261 e. The molecule has 0 aliphatic carbocycles. The summed E-state index contributed by atoms with van der Waals surface area (Å²) in [5.74, 6) is 1.11. The van der Waals surface area contributed by atoms with Crippen LogP contribution in [0.5, 0.6) is 11.5 Å². The van der Waals surface area contributed by atoms with E-state index in [-0.39, 0.29) is 5.91 Å². The molecule has 6 heteroatoms. The summed E-state index contributed by atoms with van der Waals surface area (Å²) in [6, 6.07) is 17.5. The summed E-state index contributed by atoms with van der Waals surface area (Å²) in [6.07, 6.45) is 0. The molecule has 0 aliphatic rings. The number of methoxy groups -OCH3 is 2. The number of carbonyl (C=O) groups excluding carboxylic acids is 1. The Hall–Kier alpha value is -3.38. The van der Waals surface area contributed by atoms with Gasteiger partial charge in [-0.05, 0) is 53.6 Å². The van der Waals surface area contributed by atoms with E-state index in [0.717, 1.165) is 33.3 Å². The van der Waals surface area contributed by atoms with Crippen LogP contribution in [0.25, 0.3) is 22.0 Å². The summed E-state index contributed by atoms with van der Waals surface area (Å²) in [6.45, 7) is 1.99. The fraction of sp³-hybridized carbons (Fsp3) is 0.130. The molecule has 1 heterocycles. The van der Waals surface area contributed by atoms with Gasteiger partial charge in [0.1, 0.15) is 11.5 Å². The van der Waals surface area contributed by atoms with Gasteiger partial charge in [-0.1, -0.05) is 24.3 Å². The number of nitrogens with one attached hydrogen (secondary N) is 1. The highest BCUT2D eigenvalue weighted by molar-refractivity contribution is 7.14. The predicted molar refractivity (Wildman–Crippen MR) is 117 cm³/mol. The fourth-order valence-corrected chi connectivity index (χ4v) is 3.95. The van der Waals surface area contributed by atoms with E-state index in [1.54, 1.807) is 14.2 Å². The SMILES string of the molecule is COc1ccc(-c2csc(NC(=O)c3cc4ccccc4cc3OC)n2)cc1C. The number of ether oxygens (including phenoxy) is 2. The van der Waals surface area contributed by atoms with Gasteiger partial charge in [-0.2, -0.15) is 0 Å². The lowest BCUT2D eigenvalue weighted by atomic mass is 10.1. The Morgan fingerprint density at radius 1 is 0.966 bits per heavy atom. The molecule has 4 rings (SSSR count). The van der Waals surface area contributed by atoms with E-state index in [4.69, 9.17) is 9.47 Å². The Kier molecular flexibility index (Phi) is 5.18. The molecular weight excluding hydrogens is 384 g/mol. The molecule has 4 aromatic rings. The van der Waals surface area contributed by atoms with Crippen molar-refractivity contribution in [1.82, 2.24) is 4.98 Å². The quantitative estimate of drug-likeness (QED) is 0.474. The van der Waals surface area contributed by atoms with E-state index in [1.807, 2.05) is 66.9 Å². The number of nitrogens with zero attached hydrogens (tertiary/aromatic N) is 1. The fourth-order valence-electron chi connectivity index (χ4n) is 3.23. The molecule has 0 saturated heterocycles. The summed E-state index contributed by atoms with van der Waals surface area (Å²) in [4.78, 5) is 17.4. The van der Waals surface area contributed by atoms with Crippen molar-refractivity contribution in [2.45, 2.75) is 6.92 Å². The molecule has 0 atom stereocenters. The highest BCUT2D eigenvalue weighted by Crippen LogP contribution is 2.30. The van der Waals surface area contributed by atoms with Crippen molar-refractivity contribution in [2.75, 3.05) is 19.5 Å². The minimum absolute atomic E-state index is 0.251. The standard InChI is InChI=1S/C23H20N2O3S/c1-14-10-17(8-9-20(14)27-2)19-13-29-23(24-19)25-22(26)18-11-15-6-4-5-7-16(15)12-21(18)28-3/h4-13H,1-3H3,(H,24,25,26). The second kappa shape index (κ2) is 7.93. The van der Waals surface area contributed by atoms with Crippen molar-refractivity contribution >= 4 is 33.1 Å². The molecule has 0 spiro atoms. The monoisotopic (exact) mass is 404 g/mol. The number of benzene rings is 3. The van der Waals surface area contributed by atoms with Crippen molar-refractivity contribution in [3.63, 3.8) is 0 Å². The number of hydrogen-bond donors (Lipinski definition) is 1. The van der Waals surface area contributed by atoms with Crippen LogP contribution in [0.4, 0.5) is 5.13 Å². The first kappa shape index (κ1) is 19.0. The zero-order valence-electron chi connectivity index (χ0n) is 16.4. The van der Waals surface area contributed by atoms with Crippen LogP contribution >= 0.6 is 11.3 Å². The number of carbonyl (C=O) groups is 1. The van der Waals surface area contributed by atoms with Gasteiger partial charge >= 0.3 is 0 Å². The maximum atomic E-state index is 12.9. The topological polar surface area (TPSA) is 60.5 Å². The van der Waals surface area contributed by atoms with Gasteiger partial charge in [-0.25, -0.2) is 4.98 Å². The van der Waals surface area contributed by atoms with E-state index >= 15 is 0 Å². The minimum atomic E-state index is -0.251. The number of rotatable bonds is 5. The van der Waals surface area contributed by atoms with Crippen LogP contribution in [-0.4, -0.2) is 25.1 Å². The molecule has 3 aromatic carbocycles. The van der Waals surface area contributed by atoms with Gasteiger partial charge in [0, 0.05) is 10.9 Å². The Balaban J connectivity index is 1.60. The van der Waals surface area contributed by atoms with Gasteiger partial charge in [0.05, 0.1) is 25.5 Å². The Morgan fingerprint density at radius 2 is 1.69 bits per heavy atom. The number of hydrogen-bond acceptors (Lipinski definition) is 5. The van der Waals surface area contributed by atoms with Crippen molar-refractivity contribution in [2.24, 2.45) is 0 Å². The molecule has 1 aromatic heterocycles. The Morgan fingerprint density at radius 3 is 2.38 bits per heavy atom. The minimum Gasteiger partial charge on any atom is -0.496 e. The first-order valence-corrected chi connectivity index (χ1v) is 9.95. The highest BCUT2D eigenvalue weighted by Gasteiger charge is 2.16. The summed E-state index contributed by atoms with van der Waals surface area (Å²) in [7, 11) is 3.22. The number of aromatic nitrogens is 1. The average molecular weight is 404 g/mol. The Labute approximate surface area is 172 Å². The molecule has 0 aliphatic heterocycles. The van der Waals surface area contributed by atoms with Gasteiger partial charge in [0.2, 0.25) is 0 Å². The van der Waals surface area contributed by atoms with Crippen LogP contribution in [0.1, 0.15) is 15.9 Å². The van der Waals surface area contributed by atoms with Gasteiger partial charge < -0.3 is 9.47 Å². The molecule has 29 heavy (non-hydrogen) atoms. The molecule has 0 unspecified atom stereocenters. The van der Waals surface area contributed by atoms with Crippen molar-refractivity contribution in [3.05, 3.63) is 71.1 Å². The lowest BCUT2D eigenvalue weighted by Crippen LogP contribution is -2.13. The van der Waals surface area contributed by atoms with Gasteiger partial charge in [-0.3, -0.25) is 10.1 Å². The van der Waals surface area contributed by atoms with E-state index < -0.39 is 0 Å². The Bertz CT molecular complexity index is 1200. The second-order valence-electron chi connectivity index (χ2n) is 6.58. The third-order valence-electron chi connectivity index (χ3n) is 4.73. The summed E-state index contributed by atoms with van der Waals surface area (Å²) >= 11 is 1.39. The lowest BCUT2D eigenvalue weighted by molar-refractivity contribution is 0.102. The normalized spacial score (nSPS) is 10.7. The van der Waals surface area contributed by atoms with E-state index in [0.29, 0.717) is 16.4 Å². The molecule has 146 valence electrons. The number of aryl methyl sites for hydroxylation is 1. The molecular formula is C23H20N2O3S. The highest BCUT2D eigenvalue weighted by atomic mass is 32.1. The molecule has 0 bridgehead atoms. The third-order valence-corrected chi connectivity index (χ3v) is 5.49. The van der Waals surface area contributed by atoms with E-state index in [1.165, 1.54) is 11.3 Å². The van der Waals surface area contributed by atoms with Crippen LogP contribution < -0.4 is 14.8 Å². The van der Waals surface area contributed by atoms with Crippen LogP contribution in [0.2, 0.25) is 0 Å². The number of amides is 1. The summed E-state index contributed by atoms with van der Waals surface area (Å²) < 4.78 is 10.7. The molecule has 1 N–H and O–H groups in total. The first-order valence-electron chi connectivity index (χ1n) is 9.07. The van der Waals surface area contributed by atoms with Gasteiger partial charge in [-0.15, -0.1) is 11.3 Å². The lowest BCUT2D eigenvalue weighted by Gasteiger charge is -2.10. The molecule has 0 radical (unpaired) electrons. The van der Waals surface area contributed by atoms with Crippen LogP contribution in [0.3, 0.4) is 0 Å². The van der Waals surface area contributed by atoms with Gasteiger partial charge in [0.15, 0.2) is 5.13 Å². The molecule has 0 fully saturated rings. The molecule has 0 saturated carbocycles. The largest absolute Gasteiger partial charge is 0.496 e. The summed E-state index contributed by atoms with van der Waals surface area (Å²) in [5, 5.41) is 7.35. The number of anilines is 1. The van der Waals surface area contributed by atoms with Crippen molar-refractivity contribution in [3.8, 4) is 22.8 Å². The van der Waals surface area contributed by atoms with E-state index in [9.17, 15) is 4.79 Å². The van der Waals surface area contributed by atoms with Crippen molar-refractivity contribution < 1.29 is 14.3 Å². The summed E-state index contributed by atoms with van der Waals surface area (Å²) in [5.41, 5.74) is 3.29. The van der Waals surface area contributed by atoms with Crippen LogP contribution in [0, 0.1) is 6.92 Å². The van der Waals surface area contributed by atoms with E-state index in [2.05, 4.69) is 10.3 Å². The zero-order valence-corrected chi connectivity index (χ0v) is 17.2. The average Bonchev–Trinajstić information content (AvgIpc) is 3.21. The van der Waals surface area contributed by atoms with Crippen molar-refractivity contribution in [1.29, 1.82) is 0 Å². The molecule has 5 nitrogen and oxygen atoms in total. The number of thiazole rings is 1. The van der Waals surface area contributed by atoms with Gasteiger partial charge in [0.25, 0.3) is 5.91 Å². The zero-order chi connectivity index (χ0) is 20.4. The van der Waals surface area contributed by atoms with Crippen LogP contribution in [-0.2, 0) is 0 Å². The predicted octanol–water partition coefficient (Wildman–Crippen LogP) is 5.54. The second-order valence-corrected chi connectivity index (χ2v) is 7.43. The third kappa shape index (κ3) is 3.79. The number of fused-ring (bicyclic) bond motifs is 1.